The van der Waals surface area contributed by atoms with Crippen LogP contribution in [0.4, 0.5) is 0 Å². The Balaban J connectivity index is 1.95. The van der Waals surface area contributed by atoms with Gasteiger partial charge in [-0.15, -0.1) is 0 Å². The molecule has 1 fully saturated rings. The number of rotatable bonds is 8. The molecular weight excluding hydrogens is 313 g/mol. The Morgan fingerprint density at radius 2 is 2.00 bits per heavy atom. The molecule has 0 bridgehead atoms. The van der Waals surface area contributed by atoms with Gasteiger partial charge in [-0.1, -0.05) is 35.4 Å². The molecule has 1 N–H and O–H groups in total. The van der Waals surface area contributed by atoms with Crippen LogP contribution in [0.3, 0.4) is 0 Å². The van der Waals surface area contributed by atoms with E-state index < -0.39 is 0 Å². The minimum atomic E-state index is 0.505. The van der Waals surface area contributed by atoms with E-state index in [1.165, 1.54) is 62.3 Å². The third-order valence-electron chi connectivity index (χ3n) is 3.45. The summed E-state index contributed by atoms with van der Waals surface area (Å²) in [7, 11) is 1.84. The molecule has 1 aliphatic rings. The fourth-order valence-electron chi connectivity index (χ4n) is 2.42. The molecule has 2 nitrogen and oxygen atoms in total. The second-order valence-corrected chi connectivity index (χ2v) is 5.86. The first-order chi connectivity index (χ1) is 7.86. The quantitative estimate of drug-likeness (QED) is 0.415. The third kappa shape index (κ3) is 6.40. The zero-order chi connectivity index (χ0) is 11.6. The second kappa shape index (κ2) is 9.66. The summed E-state index contributed by atoms with van der Waals surface area (Å²) in [4.78, 5) is 0. The molecule has 0 saturated heterocycles. The lowest BCUT2D eigenvalue weighted by Gasteiger charge is -2.28. The number of hydrogen-bond acceptors (Lipinski definition) is 2. The van der Waals surface area contributed by atoms with Gasteiger partial charge in [0.2, 0.25) is 0 Å². The van der Waals surface area contributed by atoms with Crippen molar-refractivity contribution in [3.8, 4) is 0 Å². The van der Waals surface area contributed by atoms with E-state index in [-0.39, 0.29) is 0 Å². The lowest BCUT2D eigenvalue weighted by Crippen LogP contribution is -2.37. The maximum atomic E-state index is 5.44. The Morgan fingerprint density at radius 1 is 1.19 bits per heavy atom. The first-order valence-corrected chi connectivity index (χ1v) is 8.21. The van der Waals surface area contributed by atoms with Crippen LogP contribution in [0.25, 0.3) is 0 Å². The molecule has 1 aliphatic carbocycles. The van der Waals surface area contributed by atoms with E-state index in [0.717, 1.165) is 0 Å². The average molecular weight is 339 g/mol. The largest absolute Gasteiger partial charge is 0.381 e. The summed E-state index contributed by atoms with van der Waals surface area (Å²) in [6.07, 6.45) is 11.1. The van der Waals surface area contributed by atoms with Crippen LogP contribution in [0.1, 0.15) is 51.4 Å². The van der Waals surface area contributed by atoms with Crippen molar-refractivity contribution in [1.82, 2.24) is 5.32 Å². The normalized spacial score (nSPS) is 25.9. The van der Waals surface area contributed by atoms with Crippen LogP contribution in [-0.4, -0.2) is 30.2 Å². The number of ether oxygens (including phenoxy) is 1. The van der Waals surface area contributed by atoms with Gasteiger partial charge in [0.25, 0.3) is 0 Å². The number of nitrogens with one attached hydrogen (secondary N) is 1. The highest BCUT2D eigenvalue weighted by Crippen LogP contribution is 2.20. The van der Waals surface area contributed by atoms with E-state index >= 15 is 0 Å². The van der Waals surface area contributed by atoms with E-state index in [9.17, 15) is 0 Å². The van der Waals surface area contributed by atoms with Crippen molar-refractivity contribution < 1.29 is 4.74 Å². The predicted molar refractivity (Wildman–Crippen MR) is 78.4 cm³/mol. The van der Waals surface area contributed by atoms with E-state index in [1.807, 2.05) is 7.11 Å². The monoisotopic (exact) mass is 339 g/mol. The molecule has 0 amide bonds. The van der Waals surface area contributed by atoms with Crippen LogP contribution in [0.2, 0.25) is 0 Å². The molecule has 0 aliphatic heterocycles. The number of methoxy groups -OCH3 is 1. The molecule has 96 valence electrons. The maximum Gasteiger partial charge on any atom is 0.0586 e. The number of alkyl halides is 1. The summed E-state index contributed by atoms with van der Waals surface area (Å²) in [6, 6.07) is 0.711. The third-order valence-corrected chi connectivity index (χ3v) is 4.22. The SMILES string of the molecule is COC1CCCC(NCCCCCCI)C1. The van der Waals surface area contributed by atoms with Gasteiger partial charge >= 0.3 is 0 Å². The minimum Gasteiger partial charge on any atom is -0.381 e. The van der Waals surface area contributed by atoms with Crippen molar-refractivity contribution in [3.63, 3.8) is 0 Å². The summed E-state index contributed by atoms with van der Waals surface area (Å²) in [5, 5.41) is 3.68. The first kappa shape index (κ1) is 14.7. The summed E-state index contributed by atoms with van der Waals surface area (Å²) in [6.45, 7) is 1.20. The molecule has 0 heterocycles. The molecule has 1 rings (SSSR count). The van der Waals surface area contributed by atoms with Gasteiger partial charge in [-0.25, -0.2) is 0 Å². The van der Waals surface area contributed by atoms with Crippen molar-refractivity contribution in [2.75, 3.05) is 18.1 Å². The van der Waals surface area contributed by atoms with E-state index in [2.05, 4.69) is 27.9 Å². The Hall–Kier alpha value is 0.650. The Bertz CT molecular complexity index is 166. The molecule has 0 radical (unpaired) electrons. The van der Waals surface area contributed by atoms with Gasteiger partial charge in [-0.05, 0) is 49.5 Å². The van der Waals surface area contributed by atoms with Crippen molar-refractivity contribution in [3.05, 3.63) is 0 Å². The van der Waals surface area contributed by atoms with Crippen LogP contribution < -0.4 is 5.32 Å². The zero-order valence-corrected chi connectivity index (χ0v) is 12.7. The van der Waals surface area contributed by atoms with Crippen LogP contribution >= 0.6 is 22.6 Å². The molecule has 16 heavy (non-hydrogen) atoms. The number of halogens is 1. The van der Waals surface area contributed by atoms with Gasteiger partial charge in [0.1, 0.15) is 0 Å². The zero-order valence-electron chi connectivity index (χ0n) is 10.5. The molecule has 0 aromatic carbocycles. The summed E-state index contributed by atoms with van der Waals surface area (Å²) in [5.74, 6) is 0. The van der Waals surface area contributed by atoms with Gasteiger partial charge in [0.05, 0.1) is 6.10 Å². The van der Waals surface area contributed by atoms with Crippen molar-refractivity contribution in [2.24, 2.45) is 0 Å². The first-order valence-electron chi connectivity index (χ1n) is 6.69. The van der Waals surface area contributed by atoms with Crippen LogP contribution in [-0.2, 0) is 4.74 Å². The predicted octanol–water partition coefficient (Wildman–Crippen LogP) is 3.53. The Labute approximate surface area is 114 Å². The molecule has 0 spiro atoms. The number of unbranched alkanes of at least 4 members (excludes halogenated alkanes) is 3. The molecule has 0 aromatic heterocycles. The van der Waals surface area contributed by atoms with Gasteiger partial charge < -0.3 is 10.1 Å². The fourth-order valence-corrected chi connectivity index (χ4v) is 2.96. The average Bonchev–Trinajstić information content (AvgIpc) is 2.34. The molecule has 2 unspecified atom stereocenters. The lowest BCUT2D eigenvalue weighted by atomic mass is 9.93. The van der Waals surface area contributed by atoms with E-state index in [4.69, 9.17) is 4.74 Å². The fraction of sp³-hybridized carbons (Fsp3) is 1.00. The van der Waals surface area contributed by atoms with Crippen LogP contribution in [0, 0.1) is 0 Å². The van der Waals surface area contributed by atoms with E-state index in [1.54, 1.807) is 0 Å². The van der Waals surface area contributed by atoms with Crippen LogP contribution in [0.15, 0.2) is 0 Å². The lowest BCUT2D eigenvalue weighted by molar-refractivity contribution is 0.0589. The molecule has 1 saturated carbocycles. The summed E-state index contributed by atoms with van der Waals surface area (Å²) < 4.78 is 6.75. The highest BCUT2D eigenvalue weighted by Gasteiger charge is 2.20. The topological polar surface area (TPSA) is 21.3 Å². The molecule has 3 heteroatoms. The van der Waals surface area contributed by atoms with Gasteiger partial charge in [-0.3, -0.25) is 0 Å². The molecule has 0 aromatic rings. The second-order valence-electron chi connectivity index (χ2n) is 4.78. The maximum absolute atomic E-state index is 5.44. The molecule has 2 atom stereocenters. The summed E-state index contributed by atoms with van der Waals surface area (Å²) >= 11 is 2.46. The van der Waals surface area contributed by atoms with Crippen molar-refractivity contribution in [1.29, 1.82) is 0 Å². The van der Waals surface area contributed by atoms with Gasteiger partial charge in [0.15, 0.2) is 0 Å². The van der Waals surface area contributed by atoms with Crippen molar-refractivity contribution >= 4 is 22.6 Å². The number of hydrogen-bond donors (Lipinski definition) is 1. The van der Waals surface area contributed by atoms with Gasteiger partial charge in [-0.2, -0.15) is 0 Å². The highest BCUT2D eigenvalue weighted by molar-refractivity contribution is 14.1. The van der Waals surface area contributed by atoms with Crippen LogP contribution in [0.5, 0.6) is 0 Å². The smallest absolute Gasteiger partial charge is 0.0586 e. The van der Waals surface area contributed by atoms with E-state index in [0.29, 0.717) is 12.1 Å². The Kier molecular flexibility index (Phi) is 8.88. The van der Waals surface area contributed by atoms with Gasteiger partial charge in [0, 0.05) is 13.2 Å². The highest BCUT2D eigenvalue weighted by atomic mass is 127. The standard InChI is InChI=1S/C13H26INO/c1-16-13-8-6-7-12(11-13)15-10-5-3-2-4-9-14/h12-13,15H,2-11H2,1H3. The minimum absolute atomic E-state index is 0.505. The van der Waals surface area contributed by atoms with Crippen molar-refractivity contribution in [2.45, 2.75) is 63.5 Å². The Morgan fingerprint density at radius 3 is 2.75 bits per heavy atom. The molecular formula is C13H26INO. The summed E-state index contributed by atoms with van der Waals surface area (Å²) in [5.41, 5.74) is 0.